The molecule has 1 atom stereocenters. The number of aromatic nitrogens is 2. The lowest BCUT2D eigenvalue weighted by atomic mass is 9.95. The molecule has 8 nitrogen and oxygen atoms in total. The van der Waals surface area contributed by atoms with Gasteiger partial charge in [0.15, 0.2) is 0 Å². The van der Waals surface area contributed by atoms with Crippen molar-refractivity contribution in [3.05, 3.63) is 46.9 Å². The average molecular weight is 554 g/mol. The van der Waals surface area contributed by atoms with Gasteiger partial charge in [0.1, 0.15) is 6.17 Å². The summed E-state index contributed by atoms with van der Waals surface area (Å²) in [5.41, 5.74) is 2.94. The minimum absolute atomic E-state index is 0.0502. The number of likely N-dealkylation sites (N-methyl/N-ethyl adjacent to an activating group) is 1. The standard InChI is InChI=1S/C27H33BrN6O2/c1-32-10-9-20-14-25(32)34(13-6-18-2-3-18)17-24(35)29-16-19-7-11-33(12-8-19)23-15-21(28)4-5-22(23)27-31-30-26(20)36-27/h4-5,9-10,14-15,18-19,25H,2-3,6-8,11-13,16-17H2,1H3,(H,29,35). The average Bonchev–Trinajstić information content (AvgIpc) is 3.59. The van der Waals surface area contributed by atoms with E-state index in [1.165, 1.54) is 12.8 Å². The summed E-state index contributed by atoms with van der Waals surface area (Å²) in [4.78, 5) is 19.9. The van der Waals surface area contributed by atoms with Crippen LogP contribution >= 0.6 is 15.9 Å². The van der Waals surface area contributed by atoms with E-state index in [0.717, 1.165) is 72.7 Å². The van der Waals surface area contributed by atoms with Gasteiger partial charge in [-0.15, -0.1) is 10.2 Å². The van der Waals surface area contributed by atoms with Crippen LogP contribution in [-0.4, -0.2) is 71.8 Å². The molecule has 5 heterocycles. The number of anilines is 1. The van der Waals surface area contributed by atoms with Crippen molar-refractivity contribution >= 4 is 33.1 Å². The van der Waals surface area contributed by atoms with Crippen molar-refractivity contribution in [3.8, 4) is 11.5 Å². The Bertz CT molecular complexity index is 1180. The van der Waals surface area contributed by atoms with Crippen LogP contribution in [0.4, 0.5) is 5.69 Å². The van der Waals surface area contributed by atoms with Crippen LogP contribution in [0.15, 0.2) is 45.4 Å². The molecule has 1 amide bonds. The molecule has 6 bridgehead atoms. The highest BCUT2D eigenvalue weighted by molar-refractivity contribution is 9.10. The maximum absolute atomic E-state index is 13.1. The number of allylic oxidation sites excluding steroid dienone is 2. The van der Waals surface area contributed by atoms with Gasteiger partial charge in [-0.2, -0.15) is 0 Å². The third kappa shape index (κ3) is 5.09. The largest absolute Gasteiger partial charge is 0.416 e. The van der Waals surface area contributed by atoms with Gasteiger partial charge in [-0.05, 0) is 61.4 Å². The first-order valence-electron chi connectivity index (χ1n) is 13.0. The number of carbonyl (C=O) groups excluding carboxylic acids is 1. The number of rotatable bonds is 3. The Balaban J connectivity index is 1.37. The minimum Gasteiger partial charge on any atom is -0.416 e. The fourth-order valence-corrected chi connectivity index (χ4v) is 5.81. The topological polar surface area (TPSA) is 77.7 Å². The summed E-state index contributed by atoms with van der Waals surface area (Å²) >= 11 is 3.64. The van der Waals surface area contributed by atoms with Gasteiger partial charge in [0.2, 0.25) is 17.7 Å². The lowest BCUT2D eigenvalue weighted by Crippen LogP contribution is -2.49. The molecular weight excluding hydrogens is 520 g/mol. The van der Waals surface area contributed by atoms with E-state index in [4.69, 9.17) is 4.42 Å². The Kier molecular flexibility index (Phi) is 6.60. The quantitative estimate of drug-likeness (QED) is 0.613. The molecule has 2 aromatic rings. The van der Waals surface area contributed by atoms with Gasteiger partial charge in [0, 0.05) is 49.5 Å². The van der Waals surface area contributed by atoms with Crippen molar-refractivity contribution in [2.45, 2.75) is 38.3 Å². The minimum atomic E-state index is -0.0502. The highest BCUT2D eigenvalue weighted by Crippen LogP contribution is 2.37. The molecule has 190 valence electrons. The highest BCUT2D eigenvalue weighted by atomic mass is 79.9. The van der Waals surface area contributed by atoms with Gasteiger partial charge in [-0.1, -0.05) is 28.8 Å². The number of carbonyl (C=O) groups is 1. The lowest BCUT2D eigenvalue weighted by molar-refractivity contribution is -0.123. The van der Waals surface area contributed by atoms with Gasteiger partial charge >= 0.3 is 0 Å². The molecule has 36 heavy (non-hydrogen) atoms. The van der Waals surface area contributed by atoms with Gasteiger partial charge in [0.25, 0.3) is 0 Å². The monoisotopic (exact) mass is 552 g/mol. The van der Waals surface area contributed by atoms with Crippen molar-refractivity contribution in [2.75, 3.05) is 44.7 Å². The molecule has 1 aromatic heterocycles. The first kappa shape index (κ1) is 23.7. The number of halogens is 1. The summed E-state index contributed by atoms with van der Waals surface area (Å²) < 4.78 is 7.29. The van der Waals surface area contributed by atoms with E-state index < -0.39 is 0 Å². The summed E-state index contributed by atoms with van der Waals surface area (Å²) in [6.07, 6.45) is 12.0. The Morgan fingerprint density at radius 1 is 1.14 bits per heavy atom. The maximum atomic E-state index is 13.1. The molecule has 1 unspecified atom stereocenters. The molecule has 5 aliphatic rings. The van der Waals surface area contributed by atoms with E-state index in [1.807, 2.05) is 18.3 Å². The second-order valence-electron chi connectivity index (χ2n) is 10.5. The number of nitrogens with one attached hydrogen (secondary N) is 1. The second-order valence-corrected chi connectivity index (χ2v) is 11.4. The van der Waals surface area contributed by atoms with Crippen LogP contribution < -0.4 is 10.2 Å². The lowest BCUT2D eigenvalue weighted by Gasteiger charge is -2.37. The third-order valence-corrected chi connectivity index (χ3v) is 8.38. The summed E-state index contributed by atoms with van der Waals surface area (Å²) in [6, 6.07) is 6.21. The van der Waals surface area contributed by atoms with E-state index >= 15 is 0 Å². The zero-order valence-electron chi connectivity index (χ0n) is 20.7. The fraction of sp³-hybridized carbons (Fsp3) is 0.519. The molecule has 0 spiro atoms. The number of fused-ring (bicyclic) bond motifs is 6. The molecule has 1 aromatic carbocycles. The number of hydrogen-bond acceptors (Lipinski definition) is 7. The predicted molar refractivity (Wildman–Crippen MR) is 143 cm³/mol. The third-order valence-electron chi connectivity index (χ3n) is 7.88. The zero-order valence-corrected chi connectivity index (χ0v) is 22.3. The highest BCUT2D eigenvalue weighted by Gasteiger charge is 2.30. The van der Waals surface area contributed by atoms with E-state index in [2.05, 4.69) is 71.4 Å². The van der Waals surface area contributed by atoms with Crippen molar-refractivity contribution in [1.29, 1.82) is 0 Å². The van der Waals surface area contributed by atoms with Crippen molar-refractivity contribution in [1.82, 2.24) is 25.3 Å². The van der Waals surface area contributed by atoms with Crippen LogP contribution in [0.25, 0.3) is 17.0 Å². The predicted octanol–water partition coefficient (Wildman–Crippen LogP) is 4.12. The van der Waals surface area contributed by atoms with Gasteiger partial charge in [-0.3, -0.25) is 9.69 Å². The smallest absolute Gasteiger partial charge is 0.250 e. The number of amides is 1. The first-order chi connectivity index (χ1) is 17.5. The van der Waals surface area contributed by atoms with Gasteiger partial charge < -0.3 is 19.5 Å². The summed E-state index contributed by atoms with van der Waals surface area (Å²) in [5.74, 6) is 2.42. The zero-order chi connectivity index (χ0) is 24.6. The Hall–Kier alpha value is -2.65. The number of nitrogens with zero attached hydrogens (tertiary/aromatic N) is 5. The number of benzene rings is 1. The van der Waals surface area contributed by atoms with Crippen molar-refractivity contribution in [3.63, 3.8) is 0 Å². The number of hydrogen-bond donors (Lipinski definition) is 1. The van der Waals surface area contributed by atoms with Crippen LogP contribution in [0.1, 0.15) is 38.0 Å². The second kappa shape index (κ2) is 10.0. The van der Waals surface area contributed by atoms with Crippen LogP contribution in [0.5, 0.6) is 0 Å². The molecule has 1 aliphatic carbocycles. The SMILES string of the molecule is CN1C=CC2=CC1N(CCC1CC1)CC(=O)NCC1CCN(CC1)c1cc(Br)ccc1-c1nnc2o1. The molecular formula is C27H33BrN6O2. The van der Waals surface area contributed by atoms with Crippen LogP contribution in [0.3, 0.4) is 0 Å². The molecule has 7 rings (SSSR count). The number of piperidine rings is 1. The van der Waals surface area contributed by atoms with Crippen molar-refractivity contribution < 1.29 is 9.21 Å². The summed E-state index contributed by atoms with van der Waals surface area (Å²) in [6.45, 7) is 3.87. The maximum Gasteiger partial charge on any atom is 0.250 e. The normalized spacial score (nSPS) is 24.8. The molecule has 4 aliphatic heterocycles. The fourth-order valence-electron chi connectivity index (χ4n) is 5.46. The molecule has 1 saturated carbocycles. The molecule has 2 fully saturated rings. The first-order valence-corrected chi connectivity index (χ1v) is 13.8. The Morgan fingerprint density at radius 3 is 2.75 bits per heavy atom. The van der Waals surface area contributed by atoms with Crippen LogP contribution in [0.2, 0.25) is 0 Å². The molecule has 9 heteroatoms. The van der Waals surface area contributed by atoms with Gasteiger partial charge in [-0.25, -0.2) is 0 Å². The molecule has 0 radical (unpaired) electrons. The molecule has 1 N–H and O–H groups in total. The Morgan fingerprint density at radius 2 is 1.94 bits per heavy atom. The Labute approximate surface area is 220 Å². The van der Waals surface area contributed by atoms with E-state index in [9.17, 15) is 4.79 Å². The van der Waals surface area contributed by atoms with E-state index in [0.29, 0.717) is 24.2 Å². The molecule has 1 saturated heterocycles. The summed E-state index contributed by atoms with van der Waals surface area (Å²) in [5, 5.41) is 12.1. The van der Waals surface area contributed by atoms with E-state index in [1.54, 1.807) is 0 Å². The van der Waals surface area contributed by atoms with E-state index in [-0.39, 0.29) is 12.1 Å². The van der Waals surface area contributed by atoms with Crippen molar-refractivity contribution in [2.24, 2.45) is 11.8 Å². The van der Waals surface area contributed by atoms with Crippen LogP contribution in [0, 0.1) is 11.8 Å². The van der Waals surface area contributed by atoms with Gasteiger partial charge in [0.05, 0.1) is 17.8 Å². The van der Waals surface area contributed by atoms with Crippen LogP contribution in [-0.2, 0) is 4.79 Å². The summed E-state index contributed by atoms with van der Waals surface area (Å²) in [7, 11) is 2.05.